The molecular weight excluding hydrogens is 188 g/mol. The summed E-state index contributed by atoms with van der Waals surface area (Å²) in [6.07, 6.45) is 2.18. The summed E-state index contributed by atoms with van der Waals surface area (Å²) >= 11 is 1.94. The number of thioether (sulfide) groups is 1. The fraction of sp³-hybridized carbons (Fsp3) is 0.846. The van der Waals surface area contributed by atoms with Gasteiger partial charge in [0, 0.05) is 5.92 Å². The van der Waals surface area contributed by atoms with E-state index < -0.39 is 0 Å². The Bertz CT molecular complexity index is 199. The Morgan fingerprint density at radius 1 is 1.07 bits per heavy atom. The Labute approximate surface area is 94.2 Å². The third-order valence-corrected chi connectivity index (χ3v) is 4.18. The van der Waals surface area contributed by atoms with Gasteiger partial charge >= 0.3 is 0 Å². The van der Waals surface area contributed by atoms with Gasteiger partial charge in [-0.2, -0.15) is 11.8 Å². The van der Waals surface area contributed by atoms with E-state index in [0.29, 0.717) is 11.8 Å². The van der Waals surface area contributed by atoms with Crippen LogP contribution in [-0.4, -0.2) is 12.0 Å². The molecule has 0 rings (SSSR count). The summed E-state index contributed by atoms with van der Waals surface area (Å²) in [6, 6.07) is 0. The van der Waals surface area contributed by atoms with Crippen molar-refractivity contribution in [2.24, 2.45) is 23.7 Å². The molecule has 0 aliphatic rings. The number of hydrogen-bond acceptors (Lipinski definition) is 1. The third-order valence-electron chi connectivity index (χ3n) is 3.32. The van der Waals surface area contributed by atoms with E-state index in [4.69, 9.17) is 0 Å². The molecule has 82 valence electrons. The molecule has 4 atom stereocenters. The van der Waals surface area contributed by atoms with Crippen LogP contribution in [0.1, 0.15) is 34.6 Å². The summed E-state index contributed by atoms with van der Waals surface area (Å²) in [5.41, 5.74) is 0. The van der Waals surface area contributed by atoms with Crippen molar-refractivity contribution in [1.82, 2.24) is 0 Å². The molecule has 0 bridgehead atoms. The minimum atomic E-state index is 0.527. The van der Waals surface area contributed by atoms with Gasteiger partial charge < -0.3 is 0 Å². The topological polar surface area (TPSA) is 0 Å². The Hall–Kier alpha value is -0.0900. The summed E-state index contributed by atoms with van der Waals surface area (Å²) in [7, 11) is 0. The van der Waals surface area contributed by atoms with E-state index in [1.165, 1.54) is 5.75 Å². The quantitative estimate of drug-likeness (QED) is 0.623. The summed E-state index contributed by atoms with van der Waals surface area (Å²) < 4.78 is 0. The third kappa shape index (κ3) is 4.42. The Morgan fingerprint density at radius 2 is 1.64 bits per heavy atom. The minimum absolute atomic E-state index is 0.527. The molecule has 0 N–H and O–H groups in total. The van der Waals surface area contributed by atoms with Gasteiger partial charge in [0.05, 0.1) is 0 Å². The van der Waals surface area contributed by atoms with Gasteiger partial charge in [-0.3, -0.25) is 0 Å². The van der Waals surface area contributed by atoms with Crippen LogP contribution in [0, 0.1) is 35.5 Å². The van der Waals surface area contributed by atoms with Gasteiger partial charge in [0.2, 0.25) is 0 Å². The molecule has 0 fully saturated rings. The Balaban J connectivity index is 4.19. The minimum Gasteiger partial charge on any atom is -0.165 e. The first-order valence-corrected chi connectivity index (χ1v) is 6.85. The maximum absolute atomic E-state index is 3.27. The van der Waals surface area contributed by atoms with Crippen LogP contribution in [0.25, 0.3) is 0 Å². The molecule has 0 radical (unpaired) electrons. The first-order valence-electron chi connectivity index (χ1n) is 5.45. The van der Waals surface area contributed by atoms with Gasteiger partial charge in [-0.25, -0.2) is 0 Å². The molecule has 0 aliphatic carbocycles. The van der Waals surface area contributed by atoms with Gasteiger partial charge in [-0.1, -0.05) is 27.7 Å². The highest BCUT2D eigenvalue weighted by Gasteiger charge is 2.22. The largest absolute Gasteiger partial charge is 0.165 e. The van der Waals surface area contributed by atoms with Gasteiger partial charge in [0.25, 0.3) is 0 Å². The van der Waals surface area contributed by atoms with Crippen LogP contribution in [0.2, 0.25) is 0 Å². The first-order chi connectivity index (χ1) is 6.54. The van der Waals surface area contributed by atoms with Crippen molar-refractivity contribution in [2.45, 2.75) is 34.6 Å². The summed E-state index contributed by atoms with van der Waals surface area (Å²) in [6.45, 7) is 11.2. The highest BCUT2D eigenvalue weighted by Crippen LogP contribution is 2.28. The molecule has 0 spiro atoms. The summed E-state index contributed by atoms with van der Waals surface area (Å²) in [5, 5.41) is 0. The molecule has 0 aromatic heterocycles. The van der Waals surface area contributed by atoms with Gasteiger partial charge in [0.15, 0.2) is 0 Å². The molecule has 0 aliphatic heterocycles. The molecule has 0 saturated heterocycles. The molecule has 0 aromatic carbocycles. The molecule has 0 saturated carbocycles. The van der Waals surface area contributed by atoms with Crippen molar-refractivity contribution < 1.29 is 0 Å². The highest BCUT2D eigenvalue weighted by atomic mass is 32.2. The van der Waals surface area contributed by atoms with Crippen LogP contribution in [0.4, 0.5) is 0 Å². The molecule has 4 unspecified atom stereocenters. The SMILES string of the molecule is CC#CC(C)C(C)C(C)C(C)CSC. The molecule has 0 heterocycles. The van der Waals surface area contributed by atoms with E-state index in [2.05, 4.69) is 45.8 Å². The molecular formula is C13H24S. The van der Waals surface area contributed by atoms with Crippen molar-refractivity contribution in [3.05, 3.63) is 0 Å². The van der Waals surface area contributed by atoms with E-state index in [1.807, 2.05) is 18.7 Å². The predicted molar refractivity (Wildman–Crippen MR) is 68.5 cm³/mol. The van der Waals surface area contributed by atoms with E-state index in [9.17, 15) is 0 Å². The lowest BCUT2D eigenvalue weighted by Crippen LogP contribution is -2.23. The zero-order valence-corrected chi connectivity index (χ0v) is 11.2. The van der Waals surface area contributed by atoms with E-state index in [-0.39, 0.29) is 0 Å². The van der Waals surface area contributed by atoms with E-state index >= 15 is 0 Å². The maximum atomic E-state index is 3.27. The second-order valence-electron chi connectivity index (χ2n) is 4.33. The maximum Gasteiger partial charge on any atom is 0.0202 e. The lowest BCUT2D eigenvalue weighted by molar-refractivity contribution is 0.259. The zero-order chi connectivity index (χ0) is 11.1. The molecule has 1 heteroatoms. The lowest BCUT2D eigenvalue weighted by atomic mass is 9.79. The standard InChI is InChI=1S/C13H24S/c1-7-8-10(2)12(4)13(5)11(3)9-14-6/h10-13H,9H2,1-6H3. The van der Waals surface area contributed by atoms with Gasteiger partial charge in [-0.15, -0.1) is 11.8 Å². The van der Waals surface area contributed by atoms with Crippen LogP contribution in [-0.2, 0) is 0 Å². The van der Waals surface area contributed by atoms with Crippen molar-refractivity contribution in [2.75, 3.05) is 12.0 Å². The molecule has 14 heavy (non-hydrogen) atoms. The van der Waals surface area contributed by atoms with Crippen LogP contribution >= 0.6 is 11.8 Å². The van der Waals surface area contributed by atoms with Crippen molar-refractivity contribution in [1.29, 1.82) is 0 Å². The predicted octanol–water partition coefficient (Wildman–Crippen LogP) is 3.92. The zero-order valence-electron chi connectivity index (χ0n) is 10.4. The van der Waals surface area contributed by atoms with Crippen LogP contribution in [0.5, 0.6) is 0 Å². The lowest BCUT2D eigenvalue weighted by Gasteiger charge is -2.27. The highest BCUT2D eigenvalue weighted by molar-refractivity contribution is 7.98. The van der Waals surface area contributed by atoms with Gasteiger partial charge in [-0.05, 0) is 36.7 Å². The van der Waals surface area contributed by atoms with Gasteiger partial charge in [0.1, 0.15) is 0 Å². The summed E-state index contributed by atoms with van der Waals surface area (Å²) in [5.74, 6) is 10.3. The monoisotopic (exact) mass is 212 g/mol. The van der Waals surface area contributed by atoms with E-state index in [0.717, 1.165) is 11.8 Å². The number of hydrogen-bond donors (Lipinski definition) is 0. The van der Waals surface area contributed by atoms with Crippen LogP contribution in [0.15, 0.2) is 0 Å². The molecule has 0 aromatic rings. The molecule has 0 amide bonds. The second-order valence-corrected chi connectivity index (χ2v) is 5.24. The average molecular weight is 212 g/mol. The first kappa shape index (κ1) is 13.9. The number of rotatable bonds is 5. The van der Waals surface area contributed by atoms with Crippen LogP contribution < -0.4 is 0 Å². The van der Waals surface area contributed by atoms with Crippen LogP contribution in [0.3, 0.4) is 0 Å². The van der Waals surface area contributed by atoms with E-state index in [1.54, 1.807) is 0 Å². The van der Waals surface area contributed by atoms with Crippen molar-refractivity contribution >= 4 is 11.8 Å². The smallest absolute Gasteiger partial charge is 0.0202 e. The Kier molecular flexibility index (Phi) is 7.19. The normalized spacial score (nSPS) is 19.0. The molecule has 0 nitrogen and oxygen atoms in total. The fourth-order valence-electron chi connectivity index (χ4n) is 1.75. The van der Waals surface area contributed by atoms with Crippen molar-refractivity contribution in [3.8, 4) is 11.8 Å². The average Bonchev–Trinajstić information content (AvgIpc) is 2.16. The fourth-order valence-corrected chi connectivity index (χ4v) is 2.58. The van der Waals surface area contributed by atoms with Crippen molar-refractivity contribution in [3.63, 3.8) is 0 Å². The second kappa shape index (κ2) is 7.23. The summed E-state index contributed by atoms with van der Waals surface area (Å²) in [4.78, 5) is 0. The Morgan fingerprint density at radius 3 is 2.07 bits per heavy atom.